The summed E-state index contributed by atoms with van der Waals surface area (Å²) in [6, 6.07) is 9.89. The summed E-state index contributed by atoms with van der Waals surface area (Å²) < 4.78 is 33.0. The summed E-state index contributed by atoms with van der Waals surface area (Å²) in [6.07, 6.45) is -3.65. The molecule has 0 radical (unpaired) electrons. The van der Waals surface area contributed by atoms with Crippen LogP contribution in [0.4, 0.5) is 29.6 Å². The summed E-state index contributed by atoms with van der Waals surface area (Å²) in [5.74, 6) is -2.85. The number of aliphatic carboxylic acids is 1. The molecule has 220 valence electrons. The van der Waals surface area contributed by atoms with Crippen LogP contribution in [0.3, 0.4) is 0 Å². The lowest BCUT2D eigenvalue weighted by Crippen LogP contribution is -2.41. The number of carboxylic acids is 1. The Labute approximate surface area is 235 Å². The van der Waals surface area contributed by atoms with Crippen molar-refractivity contribution in [2.75, 3.05) is 11.2 Å². The molecule has 0 fully saturated rings. The number of aromatic nitrogens is 3. The zero-order chi connectivity index (χ0) is 30.7. The lowest BCUT2D eigenvalue weighted by molar-refractivity contribution is -0.192. The van der Waals surface area contributed by atoms with Crippen molar-refractivity contribution in [1.29, 1.82) is 0 Å². The van der Waals surface area contributed by atoms with Gasteiger partial charge in [-0.1, -0.05) is 29.8 Å². The molecular weight excluding hydrogens is 573 g/mol. The SMILES string of the molecule is Cc1nc(N)ccc1CNC(=O)Cn1c(C)cnc(NNC(=O)NCc2ccc(Cl)cc2)c1=O.O=C(O)C(F)(F)F. The van der Waals surface area contributed by atoms with E-state index in [1.807, 2.05) is 0 Å². The van der Waals surface area contributed by atoms with E-state index in [9.17, 15) is 27.6 Å². The maximum absolute atomic E-state index is 12.8. The Kier molecular flexibility index (Phi) is 11.4. The first kappa shape index (κ1) is 32.4. The molecule has 41 heavy (non-hydrogen) atoms. The van der Waals surface area contributed by atoms with Crippen molar-refractivity contribution >= 4 is 41.1 Å². The van der Waals surface area contributed by atoms with Crippen LogP contribution < -0.4 is 32.8 Å². The van der Waals surface area contributed by atoms with Gasteiger partial charge in [0.25, 0.3) is 5.56 Å². The molecule has 3 aromatic rings. The minimum atomic E-state index is -5.08. The van der Waals surface area contributed by atoms with Crippen LogP contribution in [-0.2, 0) is 29.2 Å². The van der Waals surface area contributed by atoms with Crippen molar-refractivity contribution in [1.82, 2.24) is 30.6 Å². The number of pyridine rings is 1. The van der Waals surface area contributed by atoms with Gasteiger partial charge >= 0.3 is 18.2 Å². The number of benzene rings is 1. The Balaban J connectivity index is 0.000000745. The number of hydrogen-bond donors (Lipinski definition) is 6. The normalized spacial score (nSPS) is 10.6. The first-order valence-corrected chi connectivity index (χ1v) is 11.9. The van der Waals surface area contributed by atoms with Crippen molar-refractivity contribution in [3.05, 3.63) is 80.5 Å². The fourth-order valence-electron chi connectivity index (χ4n) is 2.99. The number of carbonyl (C=O) groups excluding carboxylic acids is 2. The summed E-state index contributed by atoms with van der Waals surface area (Å²) in [4.78, 5) is 54.3. The topological polar surface area (TPSA) is 193 Å². The molecular formula is C24H26ClF3N8O5. The Morgan fingerprint density at radius 2 is 1.68 bits per heavy atom. The number of carbonyl (C=O) groups is 3. The highest BCUT2D eigenvalue weighted by atomic mass is 35.5. The Hall–Kier alpha value is -4.86. The lowest BCUT2D eigenvalue weighted by atomic mass is 10.2. The number of rotatable bonds is 8. The molecule has 0 aliphatic heterocycles. The summed E-state index contributed by atoms with van der Waals surface area (Å²) >= 11 is 5.84. The van der Waals surface area contributed by atoms with E-state index in [4.69, 9.17) is 27.2 Å². The van der Waals surface area contributed by atoms with Gasteiger partial charge in [0.2, 0.25) is 11.7 Å². The highest BCUT2D eigenvalue weighted by Gasteiger charge is 2.38. The molecule has 2 heterocycles. The average Bonchev–Trinajstić information content (AvgIpc) is 2.89. The monoisotopic (exact) mass is 598 g/mol. The number of nitrogens with one attached hydrogen (secondary N) is 4. The van der Waals surface area contributed by atoms with E-state index < -0.39 is 23.7 Å². The van der Waals surface area contributed by atoms with Crippen LogP contribution in [0.2, 0.25) is 5.02 Å². The van der Waals surface area contributed by atoms with Crippen LogP contribution in [0.1, 0.15) is 22.5 Å². The van der Waals surface area contributed by atoms with Gasteiger partial charge in [0, 0.05) is 35.7 Å². The summed E-state index contributed by atoms with van der Waals surface area (Å²) in [6.45, 7) is 3.75. The van der Waals surface area contributed by atoms with E-state index in [1.165, 1.54) is 10.8 Å². The van der Waals surface area contributed by atoms with E-state index in [-0.39, 0.29) is 31.4 Å². The fraction of sp³-hybridized carbons (Fsp3) is 0.250. The van der Waals surface area contributed by atoms with Crippen LogP contribution in [0.25, 0.3) is 0 Å². The highest BCUT2D eigenvalue weighted by Crippen LogP contribution is 2.13. The van der Waals surface area contributed by atoms with Crippen LogP contribution in [0.15, 0.2) is 47.4 Å². The van der Waals surface area contributed by atoms with Gasteiger partial charge in [0.05, 0.1) is 0 Å². The second kappa shape index (κ2) is 14.5. The van der Waals surface area contributed by atoms with Gasteiger partial charge in [0.1, 0.15) is 12.4 Å². The van der Waals surface area contributed by atoms with Crippen molar-refractivity contribution in [2.45, 2.75) is 39.7 Å². The first-order chi connectivity index (χ1) is 19.2. The zero-order valence-corrected chi connectivity index (χ0v) is 22.4. The number of amides is 3. The third-order valence-corrected chi connectivity index (χ3v) is 5.40. The van der Waals surface area contributed by atoms with Gasteiger partial charge in [-0.25, -0.2) is 19.6 Å². The number of carboxylic acid groups (broad SMARTS) is 1. The summed E-state index contributed by atoms with van der Waals surface area (Å²) in [5.41, 5.74) is 12.8. The predicted molar refractivity (Wildman–Crippen MR) is 143 cm³/mol. The number of alkyl halides is 3. The van der Waals surface area contributed by atoms with Crippen molar-refractivity contribution in [3.63, 3.8) is 0 Å². The maximum Gasteiger partial charge on any atom is 0.490 e. The third kappa shape index (κ3) is 10.7. The number of hydrogen-bond acceptors (Lipinski definition) is 8. The molecule has 3 amide bonds. The number of nitrogen functional groups attached to an aromatic ring is 1. The lowest BCUT2D eigenvalue weighted by Gasteiger charge is -2.14. The number of nitrogens with two attached hydrogens (primary N) is 1. The molecule has 0 aliphatic rings. The molecule has 0 saturated heterocycles. The van der Waals surface area contributed by atoms with E-state index >= 15 is 0 Å². The van der Waals surface area contributed by atoms with E-state index in [0.717, 1.165) is 11.1 Å². The second-order valence-electron chi connectivity index (χ2n) is 8.26. The molecule has 13 nitrogen and oxygen atoms in total. The summed E-state index contributed by atoms with van der Waals surface area (Å²) in [7, 11) is 0. The van der Waals surface area contributed by atoms with Gasteiger partial charge in [-0.05, 0) is 43.2 Å². The number of aryl methyl sites for hydroxylation is 2. The zero-order valence-electron chi connectivity index (χ0n) is 21.7. The van der Waals surface area contributed by atoms with Gasteiger partial charge in [-0.2, -0.15) is 13.2 Å². The summed E-state index contributed by atoms with van der Waals surface area (Å²) in [5, 5.41) is 13.1. The van der Waals surface area contributed by atoms with Crippen LogP contribution >= 0.6 is 11.6 Å². The Bertz CT molecular complexity index is 1450. The third-order valence-electron chi connectivity index (χ3n) is 5.15. The number of urea groups is 1. The standard InChI is InChI=1S/C22H25ClN8O3.C2HF3O2/c1-13-9-26-20(29-30-22(34)27-10-15-3-6-17(23)7-4-15)21(33)31(13)12-19(32)25-11-16-5-8-18(24)28-14(16)2;3-2(4,5)1(6)7/h3-9H,10-12H2,1-2H3,(H2,24,28)(H,25,32)(H,26,29)(H2,27,30,34);(H,6,7). The van der Waals surface area contributed by atoms with E-state index in [2.05, 4.69) is 31.5 Å². The Morgan fingerprint density at radius 1 is 1.05 bits per heavy atom. The molecule has 3 rings (SSSR count). The molecule has 0 saturated carbocycles. The molecule has 7 N–H and O–H groups in total. The number of halogens is 4. The Morgan fingerprint density at radius 3 is 2.27 bits per heavy atom. The minimum Gasteiger partial charge on any atom is -0.475 e. The molecule has 0 unspecified atom stereocenters. The van der Waals surface area contributed by atoms with Gasteiger partial charge in [0.15, 0.2) is 0 Å². The van der Waals surface area contributed by atoms with Crippen molar-refractivity contribution < 1.29 is 32.7 Å². The molecule has 1 aromatic carbocycles. The van der Waals surface area contributed by atoms with E-state index in [0.29, 0.717) is 22.2 Å². The molecule has 17 heteroatoms. The maximum atomic E-state index is 12.8. The predicted octanol–water partition coefficient (Wildman–Crippen LogP) is 2.27. The number of anilines is 2. The van der Waals surface area contributed by atoms with Crippen LogP contribution in [0, 0.1) is 13.8 Å². The van der Waals surface area contributed by atoms with Crippen LogP contribution in [0.5, 0.6) is 0 Å². The molecule has 2 aromatic heterocycles. The van der Waals surface area contributed by atoms with E-state index in [1.54, 1.807) is 50.2 Å². The van der Waals surface area contributed by atoms with Gasteiger partial charge < -0.3 is 21.5 Å². The first-order valence-electron chi connectivity index (χ1n) is 11.6. The van der Waals surface area contributed by atoms with Gasteiger partial charge in [-0.15, -0.1) is 0 Å². The second-order valence-corrected chi connectivity index (χ2v) is 8.70. The van der Waals surface area contributed by atoms with Crippen LogP contribution in [-0.4, -0.2) is 43.7 Å². The quantitative estimate of drug-likeness (QED) is 0.211. The van der Waals surface area contributed by atoms with Crippen molar-refractivity contribution in [2.24, 2.45) is 0 Å². The molecule has 0 bridgehead atoms. The van der Waals surface area contributed by atoms with Crippen molar-refractivity contribution in [3.8, 4) is 0 Å². The minimum absolute atomic E-state index is 0.126. The smallest absolute Gasteiger partial charge is 0.475 e. The fourth-order valence-corrected chi connectivity index (χ4v) is 3.11. The molecule has 0 spiro atoms. The molecule has 0 aliphatic carbocycles. The molecule has 0 atom stereocenters. The largest absolute Gasteiger partial charge is 0.490 e. The highest BCUT2D eigenvalue weighted by molar-refractivity contribution is 6.30. The number of nitrogens with zero attached hydrogens (tertiary/aromatic N) is 3. The van der Waals surface area contributed by atoms with Gasteiger partial charge in [-0.3, -0.25) is 25.0 Å². The number of hydrazine groups is 1. The average molecular weight is 599 g/mol.